The molecule has 1 aliphatic heterocycles. The second kappa shape index (κ2) is 6.73. The first-order valence-corrected chi connectivity index (χ1v) is 6.85. The first-order valence-electron chi connectivity index (χ1n) is 6.85. The Kier molecular flexibility index (Phi) is 5.59. The lowest BCUT2D eigenvalue weighted by Crippen LogP contribution is -2.36. The van der Waals surface area contributed by atoms with Crippen molar-refractivity contribution < 1.29 is 9.59 Å². The summed E-state index contributed by atoms with van der Waals surface area (Å²) in [6.07, 6.45) is 0.839. The van der Waals surface area contributed by atoms with Gasteiger partial charge in [-0.2, -0.15) is 0 Å². The molecule has 18 heavy (non-hydrogen) atoms. The molecule has 1 atom stereocenters. The number of hydrogen-bond acceptors (Lipinski definition) is 3. The van der Waals surface area contributed by atoms with E-state index in [9.17, 15) is 9.59 Å². The second-order valence-corrected chi connectivity index (χ2v) is 5.04. The quantitative estimate of drug-likeness (QED) is 0.698. The minimum Gasteiger partial charge on any atom is -0.326 e. The van der Waals surface area contributed by atoms with Crippen molar-refractivity contribution in [2.45, 2.75) is 40.2 Å². The zero-order valence-electron chi connectivity index (χ0n) is 11.9. The number of nitrogens with one attached hydrogen (secondary N) is 1. The molecule has 1 N–H and O–H groups in total. The molecule has 1 heterocycles. The van der Waals surface area contributed by atoms with Gasteiger partial charge in [0.05, 0.1) is 0 Å². The normalized spacial score (nSPS) is 20.1. The predicted octanol–water partition coefficient (Wildman–Crippen LogP) is 1.29. The van der Waals surface area contributed by atoms with Gasteiger partial charge in [0.25, 0.3) is 5.91 Å². The number of urea groups is 1. The van der Waals surface area contributed by atoms with Crippen molar-refractivity contribution in [3.8, 4) is 0 Å². The molecule has 0 bridgehead atoms. The van der Waals surface area contributed by atoms with E-state index in [2.05, 4.69) is 24.1 Å². The Labute approximate surface area is 110 Å². The molecule has 104 valence electrons. The molecule has 1 unspecified atom stereocenters. The fraction of sp³-hybridized carbons (Fsp3) is 0.846. The van der Waals surface area contributed by atoms with Crippen molar-refractivity contribution in [2.24, 2.45) is 5.92 Å². The van der Waals surface area contributed by atoms with Crippen LogP contribution in [0.4, 0.5) is 4.79 Å². The lowest BCUT2D eigenvalue weighted by atomic mass is 10.1. The van der Waals surface area contributed by atoms with Crippen molar-refractivity contribution in [2.75, 3.05) is 26.2 Å². The first kappa shape index (κ1) is 15.0. The Morgan fingerprint density at radius 1 is 1.28 bits per heavy atom. The van der Waals surface area contributed by atoms with Gasteiger partial charge in [-0.15, -0.1) is 0 Å². The maximum Gasteiger partial charge on any atom is 0.324 e. The molecule has 5 heteroatoms. The fourth-order valence-corrected chi connectivity index (χ4v) is 2.20. The van der Waals surface area contributed by atoms with E-state index >= 15 is 0 Å². The van der Waals surface area contributed by atoms with E-state index in [1.807, 2.05) is 13.8 Å². The predicted molar refractivity (Wildman–Crippen MR) is 71.3 cm³/mol. The van der Waals surface area contributed by atoms with Crippen molar-refractivity contribution in [1.29, 1.82) is 0 Å². The van der Waals surface area contributed by atoms with E-state index in [-0.39, 0.29) is 23.9 Å². The number of imide groups is 1. The van der Waals surface area contributed by atoms with Crippen molar-refractivity contribution in [1.82, 2.24) is 15.1 Å². The van der Waals surface area contributed by atoms with E-state index in [0.29, 0.717) is 6.54 Å². The molecule has 0 aliphatic carbocycles. The van der Waals surface area contributed by atoms with Gasteiger partial charge in [-0.1, -0.05) is 27.7 Å². The van der Waals surface area contributed by atoms with Crippen LogP contribution in [-0.4, -0.2) is 54.0 Å². The summed E-state index contributed by atoms with van der Waals surface area (Å²) < 4.78 is 0. The largest absolute Gasteiger partial charge is 0.326 e. The van der Waals surface area contributed by atoms with Gasteiger partial charge in [0.2, 0.25) is 0 Å². The van der Waals surface area contributed by atoms with Gasteiger partial charge in [-0.3, -0.25) is 9.69 Å². The van der Waals surface area contributed by atoms with Gasteiger partial charge < -0.3 is 10.2 Å². The Balaban J connectivity index is 2.43. The van der Waals surface area contributed by atoms with Crippen LogP contribution in [0.15, 0.2) is 0 Å². The van der Waals surface area contributed by atoms with E-state index in [1.54, 1.807) is 0 Å². The zero-order chi connectivity index (χ0) is 13.7. The van der Waals surface area contributed by atoms with Crippen LogP contribution in [-0.2, 0) is 4.79 Å². The number of hydrogen-bond donors (Lipinski definition) is 1. The molecule has 5 nitrogen and oxygen atoms in total. The summed E-state index contributed by atoms with van der Waals surface area (Å²) in [4.78, 5) is 27.3. The highest BCUT2D eigenvalue weighted by atomic mass is 16.2. The van der Waals surface area contributed by atoms with Crippen LogP contribution in [0.3, 0.4) is 0 Å². The van der Waals surface area contributed by atoms with E-state index in [0.717, 1.165) is 26.1 Å². The third-order valence-corrected chi connectivity index (χ3v) is 3.47. The third-order valence-electron chi connectivity index (χ3n) is 3.47. The van der Waals surface area contributed by atoms with Crippen LogP contribution in [0.25, 0.3) is 0 Å². The Morgan fingerprint density at radius 3 is 2.33 bits per heavy atom. The molecule has 0 aromatic rings. The average Bonchev–Trinajstić information content (AvgIpc) is 2.62. The summed E-state index contributed by atoms with van der Waals surface area (Å²) in [6, 6.07) is -0.579. The molecule has 0 spiro atoms. The van der Waals surface area contributed by atoms with Crippen molar-refractivity contribution in [3.63, 3.8) is 0 Å². The zero-order valence-corrected chi connectivity index (χ0v) is 11.9. The third kappa shape index (κ3) is 3.45. The summed E-state index contributed by atoms with van der Waals surface area (Å²) in [5, 5.41) is 2.74. The van der Waals surface area contributed by atoms with Crippen LogP contribution in [0, 0.1) is 5.92 Å². The summed E-state index contributed by atoms with van der Waals surface area (Å²) in [6.45, 7) is 11.6. The molecular weight excluding hydrogens is 230 g/mol. The minimum atomic E-state index is -0.342. The number of carbonyl (C=O) groups is 2. The fourth-order valence-electron chi connectivity index (χ4n) is 2.20. The summed E-state index contributed by atoms with van der Waals surface area (Å²) in [7, 11) is 0. The van der Waals surface area contributed by atoms with Crippen LogP contribution in [0.5, 0.6) is 0 Å². The highest BCUT2D eigenvalue weighted by Gasteiger charge is 2.38. The summed E-state index contributed by atoms with van der Waals surface area (Å²) >= 11 is 0. The number of amides is 3. The number of nitrogens with zero attached hydrogens (tertiary/aromatic N) is 2. The van der Waals surface area contributed by atoms with Gasteiger partial charge in [0, 0.05) is 6.54 Å². The second-order valence-electron chi connectivity index (χ2n) is 5.04. The Morgan fingerprint density at radius 2 is 1.89 bits per heavy atom. The molecule has 0 aromatic heterocycles. The first-order chi connectivity index (χ1) is 8.51. The molecule has 3 amide bonds. The van der Waals surface area contributed by atoms with E-state index in [1.165, 1.54) is 4.90 Å². The molecule has 1 aliphatic rings. The number of carbonyl (C=O) groups excluding carboxylic acids is 2. The Bertz CT molecular complexity index is 301. The maximum absolute atomic E-state index is 12.0. The highest BCUT2D eigenvalue weighted by Crippen LogP contribution is 2.13. The molecule has 1 saturated heterocycles. The standard InChI is InChI=1S/C13H25N3O2/c1-5-15(6-2)8-7-9-16-12(17)11(10(3)4)14-13(16)18/h10-11H,5-9H2,1-4H3,(H,14,18). The topological polar surface area (TPSA) is 52.6 Å². The molecule has 1 rings (SSSR count). The van der Waals surface area contributed by atoms with E-state index in [4.69, 9.17) is 0 Å². The average molecular weight is 255 g/mol. The van der Waals surface area contributed by atoms with E-state index < -0.39 is 0 Å². The monoisotopic (exact) mass is 255 g/mol. The molecule has 1 fully saturated rings. The SMILES string of the molecule is CCN(CC)CCCN1C(=O)NC(C(C)C)C1=O. The smallest absolute Gasteiger partial charge is 0.324 e. The molecule has 0 aromatic carbocycles. The van der Waals surface area contributed by atoms with Crippen LogP contribution < -0.4 is 5.32 Å². The van der Waals surface area contributed by atoms with Gasteiger partial charge in [-0.05, 0) is 32.0 Å². The maximum atomic E-state index is 12.0. The molecular formula is C13H25N3O2. The lowest BCUT2D eigenvalue weighted by molar-refractivity contribution is -0.128. The van der Waals surface area contributed by atoms with Crippen LogP contribution in [0.1, 0.15) is 34.1 Å². The number of rotatable bonds is 7. The molecule has 0 radical (unpaired) electrons. The minimum absolute atomic E-state index is 0.0745. The van der Waals surface area contributed by atoms with Gasteiger partial charge in [0.15, 0.2) is 0 Å². The van der Waals surface area contributed by atoms with Crippen LogP contribution in [0.2, 0.25) is 0 Å². The van der Waals surface area contributed by atoms with Crippen molar-refractivity contribution >= 4 is 11.9 Å². The molecule has 0 saturated carbocycles. The van der Waals surface area contributed by atoms with Gasteiger partial charge in [-0.25, -0.2) is 4.79 Å². The van der Waals surface area contributed by atoms with Crippen molar-refractivity contribution in [3.05, 3.63) is 0 Å². The summed E-state index contributed by atoms with van der Waals surface area (Å²) in [5.74, 6) is 0.0729. The van der Waals surface area contributed by atoms with Crippen LogP contribution >= 0.6 is 0 Å². The van der Waals surface area contributed by atoms with Gasteiger partial charge in [0.1, 0.15) is 6.04 Å². The lowest BCUT2D eigenvalue weighted by Gasteiger charge is -2.19. The Hall–Kier alpha value is -1.10. The highest BCUT2D eigenvalue weighted by molar-refractivity contribution is 6.04. The van der Waals surface area contributed by atoms with Gasteiger partial charge >= 0.3 is 6.03 Å². The summed E-state index contributed by atoms with van der Waals surface area (Å²) in [5.41, 5.74) is 0.